The number of hydrogen-bond donors (Lipinski definition) is 0. The van der Waals surface area contributed by atoms with E-state index in [1.54, 1.807) is 6.07 Å². The molecular formula is C11H12O3. The number of rotatable bonds is 3. The number of carbonyl (C=O) groups excluding carboxylic acids is 1. The lowest BCUT2D eigenvalue weighted by Gasteiger charge is -2.01. The highest BCUT2D eigenvalue weighted by Crippen LogP contribution is 2.17. The molecule has 1 aromatic rings. The zero-order chi connectivity index (χ0) is 9.97. The van der Waals surface area contributed by atoms with Crippen molar-refractivity contribution >= 4 is 5.97 Å². The van der Waals surface area contributed by atoms with Crippen molar-refractivity contribution in [2.75, 3.05) is 13.7 Å². The predicted molar refractivity (Wildman–Crippen MR) is 51.2 cm³/mol. The van der Waals surface area contributed by atoms with Gasteiger partial charge in [0.25, 0.3) is 0 Å². The SMILES string of the molecule is COC(=O)c1cccc(CC2CO2)c1. The molecule has 1 saturated heterocycles. The van der Waals surface area contributed by atoms with E-state index in [1.807, 2.05) is 18.2 Å². The molecule has 1 fully saturated rings. The fourth-order valence-electron chi connectivity index (χ4n) is 1.39. The first-order valence-corrected chi connectivity index (χ1v) is 4.58. The second-order valence-corrected chi connectivity index (χ2v) is 3.35. The van der Waals surface area contributed by atoms with Gasteiger partial charge in [-0.3, -0.25) is 0 Å². The van der Waals surface area contributed by atoms with Gasteiger partial charge in [-0.2, -0.15) is 0 Å². The number of esters is 1. The Labute approximate surface area is 82.6 Å². The second kappa shape index (κ2) is 3.80. The van der Waals surface area contributed by atoms with Crippen LogP contribution in [0.15, 0.2) is 24.3 Å². The van der Waals surface area contributed by atoms with Gasteiger partial charge in [0.05, 0.1) is 25.4 Å². The van der Waals surface area contributed by atoms with Crippen LogP contribution in [0.25, 0.3) is 0 Å². The number of hydrogen-bond acceptors (Lipinski definition) is 3. The van der Waals surface area contributed by atoms with Gasteiger partial charge in [0.15, 0.2) is 0 Å². The van der Waals surface area contributed by atoms with Crippen LogP contribution in [0, 0.1) is 0 Å². The third kappa shape index (κ3) is 2.12. The molecule has 0 aromatic heterocycles. The van der Waals surface area contributed by atoms with Crippen LogP contribution < -0.4 is 0 Å². The average molecular weight is 192 g/mol. The molecule has 0 bridgehead atoms. The smallest absolute Gasteiger partial charge is 0.337 e. The van der Waals surface area contributed by atoms with Crippen molar-refractivity contribution in [3.8, 4) is 0 Å². The van der Waals surface area contributed by atoms with Gasteiger partial charge in [0, 0.05) is 6.42 Å². The highest BCUT2D eigenvalue weighted by Gasteiger charge is 2.22. The topological polar surface area (TPSA) is 38.8 Å². The van der Waals surface area contributed by atoms with Gasteiger partial charge in [-0.15, -0.1) is 0 Å². The number of ether oxygens (including phenoxy) is 2. The Bertz CT molecular complexity index is 342. The van der Waals surface area contributed by atoms with Crippen LogP contribution in [0.3, 0.4) is 0 Å². The first-order chi connectivity index (χ1) is 6.79. The molecule has 1 unspecified atom stereocenters. The molecule has 3 nitrogen and oxygen atoms in total. The lowest BCUT2D eigenvalue weighted by Crippen LogP contribution is -2.02. The summed E-state index contributed by atoms with van der Waals surface area (Å²) in [7, 11) is 1.39. The van der Waals surface area contributed by atoms with Gasteiger partial charge in [-0.1, -0.05) is 12.1 Å². The van der Waals surface area contributed by atoms with Crippen molar-refractivity contribution < 1.29 is 14.3 Å². The lowest BCUT2D eigenvalue weighted by molar-refractivity contribution is 0.0600. The number of benzene rings is 1. The Hall–Kier alpha value is -1.35. The van der Waals surface area contributed by atoms with Crippen molar-refractivity contribution in [1.29, 1.82) is 0 Å². The number of methoxy groups -OCH3 is 1. The van der Waals surface area contributed by atoms with E-state index in [1.165, 1.54) is 7.11 Å². The largest absolute Gasteiger partial charge is 0.465 e. The third-order valence-corrected chi connectivity index (χ3v) is 2.21. The van der Waals surface area contributed by atoms with Crippen LogP contribution in [-0.2, 0) is 15.9 Å². The zero-order valence-corrected chi connectivity index (χ0v) is 8.03. The second-order valence-electron chi connectivity index (χ2n) is 3.35. The monoisotopic (exact) mass is 192 g/mol. The molecule has 14 heavy (non-hydrogen) atoms. The quantitative estimate of drug-likeness (QED) is 0.537. The first-order valence-electron chi connectivity index (χ1n) is 4.58. The van der Waals surface area contributed by atoms with Crippen LogP contribution in [0.1, 0.15) is 15.9 Å². The number of carbonyl (C=O) groups is 1. The molecule has 1 heterocycles. The lowest BCUT2D eigenvalue weighted by atomic mass is 10.1. The Morgan fingerprint density at radius 2 is 2.43 bits per heavy atom. The summed E-state index contributed by atoms with van der Waals surface area (Å²) in [5, 5.41) is 0. The molecule has 0 saturated carbocycles. The first kappa shape index (κ1) is 9.21. The highest BCUT2D eigenvalue weighted by molar-refractivity contribution is 5.89. The molecule has 1 aromatic carbocycles. The number of epoxide rings is 1. The van der Waals surface area contributed by atoms with Crippen molar-refractivity contribution in [3.05, 3.63) is 35.4 Å². The minimum atomic E-state index is -0.288. The van der Waals surface area contributed by atoms with E-state index in [0.717, 1.165) is 18.6 Å². The van der Waals surface area contributed by atoms with E-state index in [2.05, 4.69) is 4.74 Å². The normalized spacial score (nSPS) is 19.1. The van der Waals surface area contributed by atoms with E-state index < -0.39 is 0 Å². The minimum Gasteiger partial charge on any atom is -0.465 e. The maximum atomic E-state index is 11.2. The third-order valence-electron chi connectivity index (χ3n) is 2.21. The summed E-state index contributed by atoms with van der Waals surface area (Å²) in [4.78, 5) is 11.2. The molecule has 0 aliphatic carbocycles. The molecule has 1 aliphatic rings. The maximum Gasteiger partial charge on any atom is 0.337 e. The standard InChI is InChI=1S/C11H12O3/c1-13-11(12)9-4-2-3-8(5-9)6-10-7-14-10/h2-5,10H,6-7H2,1H3. The maximum absolute atomic E-state index is 11.2. The fourth-order valence-corrected chi connectivity index (χ4v) is 1.39. The van der Waals surface area contributed by atoms with E-state index in [0.29, 0.717) is 11.7 Å². The van der Waals surface area contributed by atoms with Crippen molar-refractivity contribution in [2.24, 2.45) is 0 Å². The summed E-state index contributed by atoms with van der Waals surface area (Å²) >= 11 is 0. The Morgan fingerprint density at radius 1 is 1.64 bits per heavy atom. The molecular weight excluding hydrogens is 180 g/mol. The van der Waals surface area contributed by atoms with Crippen LogP contribution in [0.2, 0.25) is 0 Å². The predicted octanol–water partition coefficient (Wildman–Crippen LogP) is 1.41. The summed E-state index contributed by atoms with van der Waals surface area (Å²) in [5.41, 5.74) is 1.72. The Balaban J connectivity index is 2.12. The van der Waals surface area contributed by atoms with E-state index in [-0.39, 0.29) is 5.97 Å². The van der Waals surface area contributed by atoms with E-state index in [9.17, 15) is 4.79 Å². The van der Waals surface area contributed by atoms with Gasteiger partial charge in [-0.05, 0) is 17.7 Å². The molecule has 0 spiro atoms. The highest BCUT2D eigenvalue weighted by atomic mass is 16.6. The zero-order valence-electron chi connectivity index (χ0n) is 8.03. The summed E-state index contributed by atoms with van der Waals surface area (Å²) in [6.07, 6.45) is 1.23. The molecule has 2 rings (SSSR count). The summed E-state index contributed by atoms with van der Waals surface area (Å²) in [6.45, 7) is 0.836. The van der Waals surface area contributed by atoms with E-state index in [4.69, 9.17) is 4.74 Å². The summed E-state index contributed by atoms with van der Waals surface area (Å²) in [5.74, 6) is -0.288. The van der Waals surface area contributed by atoms with Crippen molar-refractivity contribution in [3.63, 3.8) is 0 Å². The van der Waals surface area contributed by atoms with Crippen LogP contribution >= 0.6 is 0 Å². The molecule has 0 amide bonds. The van der Waals surface area contributed by atoms with Gasteiger partial charge in [0.1, 0.15) is 0 Å². The molecule has 0 radical (unpaired) electrons. The van der Waals surface area contributed by atoms with Crippen LogP contribution in [-0.4, -0.2) is 25.8 Å². The average Bonchev–Trinajstić information content (AvgIpc) is 3.01. The molecule has 1 atom stereocenters. The van der Waals surface area contributed by atoms with Gasteiger partial charge < -0.3 is 9.47 Å². The van der Waals surface area contributed by atoms with Gasteiger partial charge >= 0.3 is 5.97 Å². The van der Waals surface area contributed by atoms with Crippen molar-refractivity contribution in [1.82, 2.24) is 0 Å². The van der Waals surface area contributed by atoms with Crippen LogP contribution in [0.5, 0.6) is 0 Å². The summed E-state index contributed by atoms with van der Waals surface area (Å²) < 4.78 is 9.76. The van der Waals surface area contributed by atoms with E-state index >= 15 is 0 Å². The Kier molecular flexibility index (Phi) is 2.50. The van der Waals surface area contributed by atoms with Crippen molar-refractivity contribution in [2.45, 2.75) is 12.5 Å². The summed E-state index contributed by atoms with van der Waals surface area (Å²) in [6, 6.07) is 7.47. The molecule has 1 aliphatic heterocycles. The minimum absolute atomic E-state index is 0.288. The molecule has 0 N–H and O–H groups in total. The fraction of sp³-hybridized carbons (Fsp3) is 0.364. The Morgan fingerprint density at radius 3 is 3.07 bits per heavy atom. The molecule has 3 heteroatoms. The van der Waals surface area contributed by atoms with Gasteiger partial charge in [-0.25, -0.2) is 4.79 Å². The van der Waals surface area contributed by atoms with Gasteiger partial charge in [0.2, 0.25) is 0 Å². The van der Waals surface area contributed by atoms with Crippen LogP contribution in [0.4, 0.5) is 0 Å². The molecule has 74 valence electrons.